The normalized spacial score (nSPS) is 11.2. The molecule has 166 valence electrons. The Morgan fingerprint density at radius 2 is 1.94 bits per heavy atom. The number of carbonyl (C=O) groups excluding carboxylic acids is 1. The Kier molecular flexibility index (Phi) is 5.35. The van der Waals surface area contributed by atoms with E-state index in [2.05, 4.69) is 35.8 Å². The number of rotatable bonds is 7. The summed E-state index contributed by atoms with van der Waals surface area (Å²) in [6.45, 7) is 3.97. The third-order valence-corrected chi connectivity index (χ3v) is 5.12. The molecule has 11 nitrogen and oxygen atoms in total. The lowest BCUT2D eigenvalue weighted by Crippen LogP contribution is -2.24. The van der Waals surface area contributed by atoms with Crippen LogP contribution in [0.5, 0.6) is 0 Å². The molecule has 5 aromatic rings. The first kappa shape index (κ1) is 20.5. The number of nitrogens with zero attached hydrogens (tertiary/aromatic N) is 7. The summed E-state index contributed by atoms with van der Waals surface area (Å²) >= 11 is 0. The number of benzene rings is 1. The fourth-order valence-electron chi connectivity index (χ4n) is 3.38. The summed E-state index contributed by atoms with van der Waals surface area (Å²) < 4.78 is 12.3. The van der Waals surface area contributed by atoms with Gasteiger partial charge in [-0.1, -0.05) is 34.6 Å². The van der Waals surface area contributed by atoms with Gasteiger partial charge in [-0.2, -0.15) is 9.97 Å². The van der Waals surface area contributed by atoms with Gasteiger partial charge in [-0.3, -0.25) is 9.20 Å². The summed E-state index contributed by atoms with van der Waals surface area (Å²) in [5.41, 5.74) is 3.33. The lowest BCUT2D eigenvalue weighted by atomic mass is 10.1. The zero-order valence-corrected chi connectivity index (χ0v) is 18.0. The molecule has 0 atom stereocenters. The Labute approximate surface area is 187 Å². The number of amides is 1. The molecule has 1 N–H and O–H groups in total. The molecule has 1 amide bonds. The highest BCUT2D eigenvalue weighted by Gasteiger charge is 2.14. The van der Waals surface area contributed by atoms with Gasteiger partial charge < -0.3 is 14.4 Å². The van der Waals surface area contributed by atoms with Crippen LogP contribution in [0.2, 0.25) is 0 Å². The average molecular weight is 444 g/mol. The second kappa shape index (κ2) is 8.61. The van der Waals surface area contributed by atoms with Gasteiger partial charge in [-0.05, 0) is 31.5 Å². The summed E-state index contributed by atoms with van der Waals surface area (Å²) in [6.07, 6.45) is 2.36. The fraction of sp³-hybridized carbons (Fsp3) is 0.227. The molecule has 0 bridgehead atoms. The molecule has 4 aromatic heterocycles. The molecular formula is C22H20N8O3. The minimum Gasteiger partial charge on any atom is -0.349 e. The van der Waals surface area contributed by atoms with E-state index in [0.29, 0.717) is 41.3 Å². The molecule has 11 heteroatoms. The summed E-state index contributed by atoms with van der Waals surface area (Å²) in [7, 11) is 0. The molecule has 0 unspecified atom stereocenters. The van der Waals surface area contributed by atoms with Crippen molar-refractivity contribution in [1.82, 2.24) is 40.2 Å². The zero-order chi connectivity index (χ0) is 22.8. The molecule has 0 saturated heterocycles. The van der Waals surface area contributed by atoms with E-state index in [4.69, 9.17) is 9.05 Å². The summed E-state index contributed by atoms with van der Waals surface area (Å²) in [6, 6.07) is 11.4. The molecule has 33 heavy (non-hydrogen) atoms. The van der Waals surface area contributed by atoms with Crippen molar-refractivity contribution < 1.29 is 13.8 Å². The lowest BCUT2D eigenvalue weighted by Gasteiger charge is -2.03. The number of carbonyl (C=O) groups is 1. The van der Waals surface area contributed by atoms with E-state index < -0.39 is 0 Å². The molecule has 0 fully saturated rings. The molecule has 0 aliphatic heterocycles. The molecule has 4 heterocycles. The second-order valence-corrected chi connectivity index (χ2v) is 7.51. The number of nitrogens with one attached hydrogen (secondary N) is 1. The number of hydrogen-bond donors (Lipinski definition) is 1. The number of aryl methyl sites for hydroxylation is 3. The van der Waals surface area contributed by atoms with Crippen molar-refractivity contribution in [3.05, 3.63) is 65.7 Å². The molecule has 1 aromatic carbocycles. The molecule has 5 rings (SSSR count). The Balaban J connectivity index is 1.18. The van der Waals surface area contributed by atoms with Gasteiger partial charge >= 0.3 is 0 Å². The maximum Gasteiger partial charge on any atom is 0.258 e. The SMILES string of the molecule is Cc1noc(-c2ccn3c(CNC(=O)CCc4nc(-c5ccccc5C)no4)nnc3c2)n1. The minimum atomic E-state index is -0.152. The summed E-state index contributed by atoms with van der Waals surface area (Å²) in [5, 5.41) is 19.0. The lowest BCUT2D eigenvalue weighted by molar-refractivity contribution is -0.121. The highest BCUT2D eigenvalue weighted by Crippen LogP contribution is 2.20. The largest absolute Gasteiger partial charge is 0.349 e. The van der Waals surface area contributed by atoms with Crippen LogP contribution in [0.25, 0.3) is 28.5 Å². The van der Waals surface area contributed by atoms with Crippen molar-refractivity contribution in [2.24, 2.45) is 0 Å². The van der Waals surface area contributed by atoms with Crippen molar-refractivity contribution in [2.75, 3.05) is 0 Å². The Bertz CT molecular complexity index is 1430. The van der Waals surface area contributed by atoms with Crippen molar-refractivity contribution in [2.45, 2.75) is 33.2 Å². The van der Waals surface area contributed by atoms with Gasteiger partial charge in [0.2, 0.25) is 17.6 Å². The van der Waals surface area contributed by atoms with Crippen LogP contribution in [-0.2, 0) is 17.8 Å². The van der Waals surface area contributed by atoms with Crippen molar-refractivity contribution in [3.8, 4) is 22.8 Å². The van der Waals surface area contributed by atoms with Crippen molar-refractivity contribution >= 4 is 11.6 Å². The predicted molar refractivity (Wildman–Crippen MR) is 116 cm³/mol. The van der Waals surface area contributed by atoms with Crippen LogP contribution in [0.3, 0.4) is 0 Å². The van der Waals surface area contributed by atoms with Crippen LogP contribution in [-0.4, -0.2) is 40.8 Å². The van der Waals surface area contributed by atoms with Crippen molar-refractivity contribution in [3.63, 3.8) is 0 Å². The number of hydrogen-bond acceptors (Lipinski definition) is 9. The summed E-state index contributed by atoms with van der Waals surface area (Å²) in [5.74, 6) is 2.36. The molecule has 0 saturated carbocycles. The molecule has 0 aliphatic carbocycles. The third-order valence-electron chi connectivity index (χ3n) is 5.12. The highest BCUT2D eigenvalue weighted by molar-refractivity contribution is 5.76. The quantitative estimate of drug-likeness (QED) is 0.401. The van der Waals surface area contributed by atoms with E-state index in [9.17, 15) is 4.79 Å². The number of pyridine rings is 1. The Morgan fingerprint density at radius 3 is 2.76 bits per heavy atom. The maximum atomic E-state index is 12.3. The second-order valence-electron chi connectivity index (χ2n) is 7.51. The van der Waals surface area contributed by atoms with E-state index in [0.717, 1.165) is 16.7 Å². The number of fused-ring (bicyclic) bond motifs is 1. The van der Waals surface area contributed by atoms with Gasteiger partial charge in [0.25, 0.3) is 5.89 Å². The van der Waals surface area contributed by atoms with E-state index in [1.54, 1.807) is 23.6 Å². The van der Waals surface area contributed by atoms with Crippen LogP contribution < -0.4 is 5.32 Å². The third kappa shape index (κ3) is 4.33. The predicted octanol–water partition coefficient (Wildman–Crippen LogP) is 2.70. The monoisotopic (exact) mass is 444 g/mol. The first-order valence-electron chi connectivity index (χ1n) is 10.4. The highest BCUT2D eigenvalue weighted by atomic mass is 16.5. The van der Waals surface area contributed by atoms with E-state index in [-0.39, 0.29) is 18.9 Å². The van der Waals surface area contributed by atoms with Crippen LogP contribution in [0, 0.1) is 13.8 Å². The van der Waals surface area contributed by atoms with Crippen LogP contribution in [0.1, 0.15) is 29.5 Å². The van der Waals surface area contributed by atoms with Crippen molar-refractivity contribution in [1.29, 1.82) is 0 Å². The molecule has 0 spiro atoms. The van der Waals surface area contributed by atoms with Gasteiger partial charge in [0, 0.05) is 30.2 Å². The summed E-state index contributed by atoms with van der Waals surface area (Å²) in [4.78, 5) is 20.9. The van der Waals surface area contributed by atoms with Gasteiger partial charge in [0.1, 0.15) is 0 Å². The molecule has 0 aliphatic rings. The van der Waals surface area contributed by atoms with Crippen LogP contribution >= 0.6 is 0 Å². The van der Waals surface area contributed by atoms with Crippen LogP contribution in [0.15, 0.2) is 51.6 Å². The van der Waals surface area contributed by atoms with Gasteiger partial charge in [-0.15, -0.1) is 10.2 Å². The zero-order valence-electron chi connectivity index (χ0n) is 18.0. The Hall–Kier alpha value is -4.41. The smallest absolute Gasteiger partial charge is 0.258 e. The number of aromatic nitrogens is 7. The Morgan fingerprint density at radius 1 is 1.06 bits per heavy atom. The van der Waals surface area contributed by atoms with E-state index >= 15 is 0 Å². The average Bonchev–Trinajstić information content (AvgIpc) is 3.56. The van der Waals surface area contributed by atoms with Gasteiger partial charge in [0.05, 0.1) is 6.54 Å². The fourth-order valence-corrected chi connectivity index (χ4v) is 3.38. The van der Waals surface area contributed by atoms with Crippen LogP contribution in [0.4, 0.5) is 0 Å². The minimum absolute atomic E-state index is 0.152. The van der Waals surface area contributed by atoms with Gasteiger partial charge in [0.15, 0.2) is 17.3 Å². The first-order chi connectivity index (χ1) is 16.1. The molecule has 0 radical (unpaired) electrons. The van der Waals surface area contributed by atoms with E-state index in [1.165, 1.54) is 0 Å². The molecular weight excluding hydrogens is 424 g/mol. The van der Waals surface area contributed by atoms with E-state index in [1.807, 2.05) is 37.3 Å². The maximum absolute atomic E-state index is 12.3. The standard InChI is InChI=1S/C22H20N8O3/c1-13-5-3-4-6-16(13)21-25-20(32-29-21)8-7-19(31)23-12-18-27-26-17-11-15(9-10-30(17)18)22-24-14(2)28-33-22/h3-6,9-11H,7-8,12H2,1-2H3,(H,23,31). The topological polar surface area (TPSA) is 137 Å². The van der Waals surface area contributed by atoms with Gasteiger partial charge in [-0.25, -0.2) is 0 Å². The first-order valence-corrected chi connectivity index (χ1v) is 10.4.